The number of piperazine rings is 1. The molecule has 1 saturated heterocycles. The van der Waals surface area contributed by atoms with Crippen LogP contribution in [0.4, 0.5) is 32.3 Å². The lowest BCUT2D eigenvalue weighted by Gasteiger charge is -2.34. The van der Waals surface area contributed by atoms with E-state index in [1.807, 2.05) is 20.8 Å². The van der Waals surface area contributed by atoms with E-state index < -0.39 is 11.8 Å². The monoisotopic (exact) mass is 574 g/mol. The van der Waals surface area contributed by atoms with Crippen LogP contribution in [0, 0.1) is 5.82 Å². The molecule has 0 atom stereocenters. The van der Waals surface area contributed by atoms with E-state index in [2.05, 4.69) is 47.7 Å². The summed E-state index contributed by atoms with van der Waals surface area (Å²) in [5.41, 5.74) is 0.943. The number of likely N-dealkylation sites (N-methyl/N-ethyl adjacent to an activating group) is 1. The second kappa shape index (κ2) is 11.3. The fourth-order valence-corrected chi connectivity index (χ4v) is 4.72. The first kappa shape index (κ1) is 28.9. The maximum Gasteiger partial charge on any atom is 0.323 e. The van der Waals surface area contributed by atoms with Crippen LogP contribution in [0.3, 0.4) is 0 Å². The normalized spacial score (nSPS) is 14.2. The minimum Gasteiger partial charge on any atom is -0.357 e. The Kier molecular flexibility index (Phi) is 7.78. The van der Waals surface area contributed by atoms with E-state index in [1.165, 1.54) is 22.8 Å². The van der Waals surface area contributed by atoms with E-state index in [-0.39, 0.29) is 16.7 Å². The molecule has 0 saturated carbocycles. The minimum absolute atomic E-state index is 0.0812. The Morgan fingerprint density at radius 3 is 2.36 bits per heavy atom. The van der Waals surface area contributed by atoms with Crippen LogP contribution in [0.25, 0.3) is 22.2 Å². The number of nitrogens with zero attached hydrogens (tertiary/aromatic N) is 7. The van der Waals surface area contributed by atoms with Gasteiger partial charge in [0.05, 0.1) is 11.9 Å². The van der Waals surface area contributed by atoms with Crippen LogP contribution >= 0.6 is 0 Å². The fraction of sp³-hybridized carbons (Fsp3) is 0.379. The van der Waals surface area contributed by atoms with Crippen molar-refractivity contribution in [1.82, 2.24) is 29.4 Å². The zero-order valence-corrected chi connectivity index (χ0v) is 24.6. The van der Waals surface area contributed by atoms with E-state index in [1.54, 1.807) is 32.6 Å². The largest absolute Gasteiger partial charge is 0.357 e. The molecular weight excluding hydrogens is 539 g/mol. The number of carbonyl (C=O) groups is 1. The molecule has 1 aliphatic rings. The summed E-state index contributed by atoms with van der Waals surface area (Å²) < 4.78 is 16.3. The summed E-state index contributed by atoms with van der Waals surface area (Å²) in [6, 6.07) is 5.14. The topological polar surface area (TPSA) is 133 Å². The molecule has 0 radical (unpaired) electrons. The van der Waals surface area contributed by atoms with Gasteiger partial charge in [0.15, 0.2) is 5.82 Å². The number of fused-ring (bicyclic) bond motifs is 1. The zero-order chi connectivity index (χ0) is 30.2. The summed E-state index contributed by atoms with van der Waals surface area (Å²) in [6.07, 6.45) is 3.20. The number of anilines is 4. The third kappa shape index (κ3) is 5.86. The number of pyridine rings is 1. The number of aromatic nitrogens is 5. The van der Waals surface area contributed by atoms with Crippen molar-refractivity contribution >= 4 is 40.2 Å². The summed E-state index contributed by atoms with van der Waals surface area (Å²) >= 11 is 0. The molecule has 3 N–H and O–H groups in total. The van der Waals surface area contributed by atoms with E-state index in [0.29, 0.717) is 45.4 Å². The van der Waals surface area contributed by atoms with Crippen LogP contribution < -0.4 is 26.4 Å². The number of urea groups is 1. The molecule has 5 rings (SSSR count). The number of benzene rings is 1. The highest BCUT2D eigenvalue weighted by Gasteiger charge is 2.25. The number of hydrogen-bond acceptors (Lipinski definition) is 9. The minimum atomic E-state index is -0.659. The second-order valence-corrected chi connectivity index (χ2v) is 11.4. The van der Waals surface area contributed by atoms with Crippen molar-refractivity contribution in [2.24, 2.45) is 7.05 Å². The number of halogens is 1. The number of rotatable bonds is 5. The molecule has 42 heavy (non-hydrogen) atoms. The Morgan fingerprint density at radius 1 is 0.952 bits per heavy atom. The standard InChI is InChI=1S/C29H35FN10O2/c1-29(2,3)26-32-16-22(24(36-26)40-11-9-38(5)10-12-40)35-28(42)34-21-14-17(7-8-20(21)30)19-13-18-15-33-27(31-4)37-23(18)39(6)25(19)41/h7-8,13-16H,9-12H2,1-6H3,(H,31,33,37)(H2,34,35,42). The molecular formula is C29H35FN10O2. The molecule has 0 spiro atoms. The predicted octanol–water partition coefficient (Wildman–Crippen LogP) is 3.66. The predicted molar refractivity (Wildman–Crippen MR) is 163 cm³/mol. The summed E-state index contributed by atoms with van der Waals surface area (Å²) in [4.78, 5) is 48.6. The van der Waals surface area contributed by atoms with Crippen molar-refractivity contribution in [3.63, 3.8) is 0 Å². The van der Waals surface area contributed by atoms with Gasteiger partial charge >= 0.3 is 6.03 Å². The van der Waals surface area contributed by atoms with E-state index in [0.717, 1.165) is 26.2 Å². The van der Waals surface area contributed by atoms with Crippen molar-refractivity contribution in [2.45, 2.75) is 26.2 Å². The van der Waals surface area contributed by atoms with Crippen LogP contribution in [0.5, 0.6) is 0 Å². The lowest BCUT2D eigenvalue weighted by molar-refractivity contribution is 0.262. The number of aryl methyl sites for hydroxylation is 1. The first-order chi connectivity index (χ1) is 19.9. The number of nitrogens with one attached hydrogen (secondary N) is 3. The zero-order valence-electron chi connectivity index (χ0n) is 24.6. The Morgan fingerprint density at radius 2 is 1.67 bits per heavy atom. The summed E-state index contributed by atoms with van der Waals surface area (Å²) in [5.74, 6) is 1.02. The van der Waals surface area contributed by atoms with Gasteiger partial charge in [0.25, 0.3) is 5.56 Å². The lowest BCUT2D eigenvalue weighted by Crippen LogP contribution is -2.45. The second-order valence-electron chi connectivity index (χ2n) is 11.4. The highest BCUT2D eigenvalue weighted by atomic mass is 19.1. The summed E-state index contributed by atoms with van der Waals surface area (Å²) in [6.45, 7) is 9.28. The molecule has 4 heterocycles. The first-order valence-corrected chi connectivity index (χ1v) is 13.7. The molecule has 13 heteroatoms. The number of carbonyl (C=O) groups excluding carboxylic acids is 1. The molecule has 1 aromatic carbocycles. The Hall–Kier alpha value is -4.65. The van der Waals surface area contributed by atoms with Crippen molar-refractivity contribution < 1.29 is 9.18 Å². The summed E-state index contributed by atoms with van der Waals surface area (Å²) in [7, 11) is 5.37. The van der Waals surface area contributed by atoms with Crippen LogP contribution in [0.2, 0.25) is 0 Å². The molecule has 0 unspecified atom stereocenters. The van der Waals surface area contributed by atoms with Gasteiger partial charge in [-0.2, -0.15) is 4.98 Å². The van der Waals surface area contributed by atoms with Crippen LogP contribution in [0.1, 0.15) is 26.6 Å². The van der Waals surface area contributed by atoms with Crippen molar-refractivity contribution in [1.29, 1.82) is 0 Å². The number of hydrogen-bond donors (Lipinski definition) is 3. The van der Waals surface area contributed by atoms with Gasteiger partial charge in [-0.05, 0) is 30.8 Å². The molecule has 0 aliphatic carbocycles. The lowest BCUT2D eigenvalue weighted by atomic mass is 9.96. The molecule has 1 aliphatic heterocycles. The van der Waals surface area contributed by atoms with Gasteiger partial charge in [0.1, 0.15) is 23.0 Å². The molecule has 12 nitrogen and oxygen atoms in total. The molecule has 2 amide bonds. The maximum absolute atomic E-state index is 14.9. The van der Waals surface area contributed by atoms with E-state index in [9.17, 15) is 14.0 Å². The molecule has 0 bridgehead atoms. The molecule has 220 valence electrons. The van der Waals surface area contributed by atoms with Gasteiger partial charge in [-0.25, -0.2) is 24.1 Å². The first-order valence-electron chi connectivity index (χ1n) is 13.7. The molecule has 4 aromatic rings. The molecule has 3 aromatic heterocycles. The maximum atomic E-state index is 14.9. The third-order valence-corrected chi connectivity index (χ3v) is 7.19. The highest BCUT2D eigenvalue weighted by Crippen LogP contribution is 2.29. The Bertz CT molecular complexity index is 1710. The van der Waals surface area contributed by atoms with E-state index in [4.69, 9.17) is 4.98 Å². The Balaban J connectivity index is 1.43. The van der Waals surface area contributed by atoms with Crippen LogP contribution in [-0.4, -0.2) is 75.7 Å². The Labute approximate surface area is 243 Å². The van der Waals surface area contributed by atoms with E-state index >= 15 is 0 Å². The average Bonchev–Trinajstić information content (AvgIpc) is 2.96. The van der Waals surface area contributed by atoms with Crippen molar-refractivity contribution in [3.8, 4) is 11.1 Å². The number of amides is 2. The third-order valence-electron chi connectivity index (χ3n) is 7.19. The van der Waals surface area contributed by atoms with Gasteiger partial charge in [-0.3, -0.25) is 9.36 Å². The van der Waals surface area contributed by atoms with Crippen LogP contribution in [-0.2, 0) is 12.5 Å². The van der Waals surface area contributed by atoms with Gasteiger partial charge in [0, 0.05) is 62.8 Å². The van der Waals surface area contributed by atoms with Gasteiger partial charge < -0.3 is 25.8 Å². The van der Waals surface area contributed by atoms with Gasteiger partial charge in [-0.1, -0.05) is 26.8 Å². The quantitative estimate of drug-likeness (QED) is 0.327. The molecule has 1 fully saturated rings. The summed E-state index contributed by atoms with van der Waals surface area (Å²) in [5, 5.41) is 8.88. The smallest absolute Gasteiger partial charge is 0.323 e. The average molecular weight is 575 g/mol. The highest BCUT2D eigenvalue weighted by molar-refractivity contribution is 6.01. The van der Waals surface area contributed by atoms with Gasteiger partial charge in [0.2, 0.25) is 5.95 Å². The van der Waals surface area contributed by atoms with Crippen LogP contribution in [0.15, 0.2) is 41.5 Å². The van der Waals surface area contributed by atoms with Gasteiger partial charge in [-0.15, -0.1) is 0 Å². The van der Waals surface area contributed by atoms with Crippen molar-refractivity contribution in [2.75, 3.05) is 61.1 Å². The SMILES string of the molecule is CNc1ncc2cc(-c3ccc(F)c(NC(=O)Nc4cnc(C(C)(C)C)nc4N4CCN(C)CC4)c3)c(=O)n(C)c2n1. The fourth-order valence-electron chi connectivity index (χ4n) is 4.72. The van der Waals surface area contributed by atoms with Crippen molar-refractivity contribution in [3.05, 3.63) is 58.7 Å².